The molecule has 3 N–H and O–H groups in total. The van der Waals surface area contributed by atoms with Gasteiger partial charge in [0.1, 0.15) is 0 Å². The Labute approximate surface area is 417 Å². The average Bonchev–Trinajstić information content (AvgIpc) is 3.33. The van der Waals surface area contributed by atoms with Crippen LogP contribution in [-0.4, -0.2) is 47.4 Å². The topological polar surface area (TPSA) is 95.9 Å². The minimum Gasteiger partial charge on any atom is -0.466 e. The van der Waals surface area contributed by atoms with Gasteiger partial charge in [-0.05, 0) is 83.5 Å². The number of amides is 1. The van der Waals surface area contributed by atoms with Crippen LogP contribution in [0.5, 0.6) is 0 Å². The number of aliphatic hydroxyl groups is 2. The molecular formula is C61H115NO5. The highest BCUT2D eigenvalue weighted by atomic mass is 16.5. The Balaban J connectivity index is 3.54. The molecule has 0 aromatic carbocycles. The number of rotatable bonds is 55. The Morgan fingerprint density at radius 3 is 1.06 bits per heavy atom. The van der Waals surface area contributed by atoms with Gasteiger partial charge in [0, 0.05) is 12.8 Å². The second-order valence-corrected chi connectivity index (χ2v) is 20.3. The van der Waals surface area contributed by atoms with Crippen molar-refractivity contribution in [3.05, 3.63) is 36.5 Å². The molecule has 67 heavy (non-hydrogen) atoms. The van der Waals surface area contributed by atoms with Crippen molar-refractivity contribution >= 4 is 11.9 Å². The zero-order valence-corrected chi connectivity index (χ0v) is 44.9. The normalized spacial score (nSPS) is 12.8. The van der Waals surface area contributed by atoms with Crippen LogP contribution in [0.25, 0.3) is 0 Å². The second-order valence-electron chi connectivity index (χ2n) is 20.3. The van der Waals surface area contributed by atoms with E-state index in [0.717, 1.165) is 77.0 Å². The molecule has 6 heteroatoms. The number of allylic oxidation sites excluding steroid dienone is 5. The van der Waals surface area contributed by atoms with Crippen LogP contribution in [0.4, 0.5) is 0 Å². The predicted molar refractivity (Wildman–Crippen MR) is 292 cm³/mol. The number of hydrogen-bond donors (Lipinski definition) is 3. The number of aliphatic hydroxyl groups excluding tert-OH is 2. The summed E-state index contributed by atoms with van der Waals surface area (Å²) in [4.78, 5) is 24.5. The lowest BCUT2D eigenvalue weighted by molar-refractivity contribution is -0.143. The van der Waals surface area contributed by atoms with Gasteiger partial charge in [0.2, 0.25) is 5.91 Å². The first-order chi connectivity index (χ1) is 33.0. The van der Waals surface area contributed by atoms with Crippen LogP contribution in [0, 0.1) is 0 Å². The maximum absolute atomic E-state index is 12.5. The van der Waals surface area contributed by atoms with Crippen molar-refractivity contribution in [1.82, 2.24) is 5.32 Å². The summed E-state index contributed by atoms with van der Waals surface area (Å²) in [5.41, 5.74) is 0. The maximum atomic E-state index is 12.5. The van der Waals surface area contributed by atoms with Crippen molar-refractivity contribution in [2.45, 2.75) is 328 Å². The number of ether oxygens (including phenoxy) is 1. The number of carbonyl (C=O) groups is 2. The van der Waals surface area contributed by atoms with Gasteiger partial charge in [0.15, 0.2) is 0 Å². The highest BCUT2D eigenvalue weighted by Gasteiger charge is 2.18. The highest BCUT2D eigenvalue weighted by Crippen LogP contribution is 2.17. The van der Waals surface area contributed by atoms with Crippen molar-refractivity contribution in [2.75, 3.05) is 13.2 Å². The fourth-order valence-electron chi connectivity index (χ4n) is 9.03. The molecule has 0 aromatic rings. The van der Waals surface area contributed by atoms with E-state index in [9.17, 15) is 19.8 Å². The van der Waals surface area contributed by atoms with Gasteiger partial charge in [0.25, 0.3) is 0 Å². The highest BCUT2D eigenvalue weighted by molar-refractivity contribution is 5.76. The fraction of sp³-hybridized carbons (Fsp3) is 0.869. The van der Waals surface area contributed by atoms with E-state index < -0.39 is 12.1 Å². The minimum absolute atomic E-state index is 0.0459. The summed E-state index contributed by atoms with van der Waals surface area (Å²) < 4.78 is 5.44. The molecule has 0 aromatic heterocycles. The first-order valence-electron chi connectivity index (χ1n) is 29.8. The lowest BCUT2D eigenvalue weighted by atomic mass is 10.0. The lowest BCUT2D eigenvalue weighted by Crippen LogP contribution is -2.45. The van der Waals surface area contributed by atoms with Crippen LogP contribution in [0.2, 0.25) is 0 Å². The summed E-state index contributed by atoms with van der Waals surface area (Å²) in [6.45, 7) is 4.82. The van der Waals surface area contributed by atoms with Crippen LogP contribution in [0.3, 0.4) is 0 Å². The van der Waals surface area contributed by atoms with Gasteiger partial charge in [-0.15, -0.1) is 0 Å². The smallest absolute Gasteiger partial charge is 0.305 e. The molecule has 394 valence electrons. The van der Waals surface area contributed by atoms with Crippen molar-refractivity contribution in [3.63, 3.8) is 0 Å². The minimum atomic E-state index is -0.868. The zero-order valence-electron chi connectivity index (χ0n) is 44.9. The first kappa shape index (κ1) is 65.1. The summed E-state index contributed by atoms with van der Waals surface area (Å²) in [6.07, 6.45) is 70.4. The molecule has 0 saturated heterocycles. The molecule has 0 aliphatic heterocycles. The zero-order chi connectivity index (χ0) is 48.6. The Morgan fingerprint density at radius 1 is 0.403 bits per heavy atom. The van der Waals surface area contributed by atoms with Gasteiger partial charge >= 0.3 is 5.97 Å². The molecule has 0 aliphatic carbocycles. The standard InChI is InChI=1S/C61H115NO5/c1-3-5-7-9-11-13-15-17-19-20-21-22-23-24-25-26-27-28-30-31-33-37-41-45-49-53-59(64)58(57-63)62-60(65)54-50-46-42-38-35-36-40-44-48-52-56-67-61(66)55-51-47-43-39-34-32-29-18-16-14-12-10-8-6-4-2/h18,29,36,40,49,53,58-59,63-64H,3-17,19-28,30-35,37-39,41-48,50-52,54-57H2,1-2H3,(H,62,65)/b29-18-,40-36-,53-49+. The summed E-state index contributed by atoms with van der Waals surface area (Å²) in [5, 5.41) is 23.2. The Kier molecular flexibility index (Phi) is 55.0. The lowest BCUT2D eigenvalue weighted by Gasteiger charge is -2.20. The van der Waals surface area contributed by atoms with Crippen molar-refractivity contribution < 1.29 is 24.5 Å². The summed E-state index contributed by atoms with van der Waals surface area (Å²) in [7, 11) is 0. The van der Waals surface area contributed by atoms with E-state index in [4.69, 9.17) is 4.74 Å². The number of unbranched alkanes of at least 4 members (excludes halogenated alkanes) is 40. The van der Waals surface area contributed by atoms with Gasteiger partial charge in [-0.2, -0.15) is 0 Å². The summed E-state index contributed by atoms with van der Waals surface area (Å²) in [6, 6.07) is -0.655. The molecule has 0 bridgehead atoms. The van der Waals surface area contributed by atoms with E-state index in [-0.39, 0.29) is 18.5 Å². The number of esters is 1. The molecule has 6 nitrogen and oxygen atoms in total. The predicted octanol–water partition coefficient (Wildman–Crippen LogP) is 18.4. The van der Waals surface area contributed by atoms with E-state index in [1.54, 1.807) is 6.08 Å². The molecule has 0 rings (SSSR count). The average molecular weight is 943 g/mol. The van der Waals surface area contributed by atoms with Crippen LogP contribution in [-0.2, 0) is 14.3 Å². The quantitative estimate of drug-likeness (QED) is 0.0321. The summed E-state index contributed by atoms with van der Waals surface area (Å²) in [5.74, 6) is -0.148. The van der Waals surface area contributed by atoms with Crippen LogP contribution >= 0.6 is 0 Å². The first-order valence-corrected chi connectivity index (χ1v) is 29.8. The molecule has 2 atom stereocenters. The van der Waals surface area contributed by atoms with E-state index >= 15 is 0 Å². The molecule has 0 heterocycles. The van der Waals surface area contributed by atoms with Gasteiger partial charge in [-0.25, -0.2) is 0 Å². The number of hydrogen-bond acceptors (Lipinski definition) is 5. The second kappa shape index (κ2) is 56.7. The maximum Gasteiger partial charge on any atom is 0.305 e. The molecule has 0 aliphatic rings. The molecule has 1 amide bonds. The Morgan fingerprint density at radius 2 is 0.701 bits per heavy atom. The van der Waals surface area contributed by atoms with Gasteiger partial charge in [0.05, 0.1) is 25.4 Å². The molecule has 2 unspecified atom stereocenters. The van der Waals surface area contributed by atoms with E-state index in [0.29, 0.717) is 19.4 Å². The van der Waals surface area contributed by atoms with E-state index in [1.165, 1.54) is 212 Å². The third kappa shape index (κ3) is 53.3. The van der Waals surface area contributed by atoms with Crippen LogP contribution in [0.1, 0.15) is 316 Å². The number of carbonyl (C=O) groups excluding carboxylic acids is 2. The molecule has 0 fully saturated rings. The van der Waals surface area contributed by atoms with E-state index in [2.05, 4.69) is 43.5 Å². The van der Waals surface area contributed by atoms with Crippen molar-refractivity contribution in [2.24, 2.45) is 0 Å². The van der Waals surface area contributed by atoms with Gasteiger partial charge in [-0.3, -0.25) is 9.59 Å². The van der Waals surface area contributed by atoms with Crippen molar-refractivity contribution in [1.29, 1.82) is 0 Å². The monoisotopic (exact) mass is 942 g/mol. The molecule has 0 saturated carbocycles. The third-order valence-electron chi connectivity index (χ3n) is 13.6. The fourth-order valence-corrected chi connectivity index (χ4v) is 9.03. The van der Waals surface area contributed by atoms with Gasteiger partial charge in [-0.1, -0.05) is 256 Å². The molecular weight excluding hydrogens is 827 g/mol. The Hall–Kier alpha value is -1.92. The van der Waals surface area contributed by atoms with Crippen molar-refractivity contribution in [3.8, 4) is 0 Å². The van der Waals surface area contributed by atoms with Gasteiger partial charge < -0.3 is 20.3 Å². The molecule has 0 radical (unpaired) electrons. The van der Waals surface area contributed by atoms with Crippen LogP contribution < -0.4 is 5.32 Å². The number of nitrogens with one attached hydrogen (secondary N) is 1. The largest absolute Gasteiger partial charge is 0.466 e. The Bertz CT molecular complexity index is 1090. The SMILES string of the molecule is CCCCCCCC/C=C\CCCCCCCC(=O)OCCCC/C=C\CCCCCCC(=O)NC(CO)C(O)/C=C/CCCCCCCCCCCCCCCCCCCCCCCCC. The van der Waals surface area contributed by atoms with E-state index in [1.807, 2.05) is 6.08 Å². The third-order valence-corrected chi connectivity index (χ3v) is 13.6. The van der Waals surface area contributed by atoms with Crippen LogP contribution in [0.15, 0.2) is 36.5 Å². The molecule has 0 spiro atoms. The summed E-state index contributed by atoms with van der Waals surface area (Å²) >= 11 is 0.